The van der Waals surface area contributed by atoms with Crippen LogP contribution in [0.2, 0.25) is 0 Å². The first-order valence-corrected chi connectivity index (χ1v) is 7.17. The van der Waals surface area contributed by atoms with Gasteiger partial charge in [0.25, 0.3) is 0 Å². The van der Waals surface area contributed by atoms with E-state index in [0.29, 0.717) is 11.9 Å². The van der Waals surface area contributed by atoms with E-state index < -0.39 is 0 Å². The normalized spacial score (nSPS) is 19.2. The average Bonchev–Trinajstić information content (AvgIpc) is 2.84. The Labute approximate surface area is 115 Å². The van der Waals surface area contributed by atoms with Crippen molar-refractivity contribution in [1.29, 1.82) is 0 Å². The molecular formula is C14H24N4O. The van der Waals surface area contributed by atoms with Crippen molar-refractivity contribution >= 4 is 5.95 Å². The van der Waals surface area contributed by atoms with E-state index >= 15 is 0 Å². The Morgan fingerprint density at radius 3 is 3.11 bits per heavy atom. The summed E-state index contributed by atoms with van der Waals surface area (Å²) in [6.45, 7) is 5.78. The largest absolute Gasteiger partial charge is 0.475 e. The van der Waals surface area contributed by atoms with Crippen molar-refractivity contribution in [1.82, 2.24) is 9.97 Å². The second-order valence-electron chi connectivity index (χ2n) is 5.28. The molecule has 5 nitrogen and oxygen atoms in total. The van der Waals surface area contributed by atoms with Gasteiger partial charge < -0.3 is 15.4 Å². The molecule has 1 aliphatic rings. The summed E-state index contributed by atoms with van der Waals surface area (Å²) >= 11 is 0. The molecule has 0 aromatic carbocycles. The monoisotopic (exact) mass is 264 g/mol. The van der Waals surface area contributed by atoms with Crippen molar-refractivity contribution in [3.05, 3.63) is 12.3 Å². The summed E-state index contributed by atoms with van der Waals surface area (Å²) in [7, 11) is 0. The smallest absolute Gasteiger partial charge is 0.228 e. The number of nitrogens with two attached hydrogens (primary N) is 1. The molecule has 0 amide bonds. The summed E-state index contributed by atoms with van der Waals surface area (Å²) in [5, 5.41) is 0. The Kier molecular flexibility index (Phi) is 4.96. The molecule has 1 aromatic heterocycles. The summed E-state index contributed by atoms with van der Waals surface area (Å²) in [4.78, 5) is 11.2. The molecule has 19 heavy (non-hydrogen) atoms. The molecule has 1 aliphatic heterocycles. The Morgan fingerprint density at radius 1 is 1.53 bits per heavy atom. The fraction of sp³-hybridized carbons (Fsp3) is 0.714. The predicted octanol–water partition coefficient (Wildman–Crippen LogP) is 1.97. The SMILES string of the molecule is CC(C)Oc1ccnc(N2CCCC2CCCN)n1. The van der Waals surface area contributed by atoms with Crippen molar-refractivity contribution in [2.75, 3.05) is 18.0 Å². The molecule has 0 saturated carbocycles. The van der Waals surface area contributed by atoms with E-state index in [-0.39, 0.29) is 6.10 Å². The fourth-order valence-corrected chi connectivity index (χ4v) is 2.53. The zero-order valence-corrected chi connectivity index (χ0v) is 11.9. The number of aromatic nitrogens is 2. The van der Waals surface area contributed by atoms with Crippen molar-refractivity contribution in [2.45, 2.75) is 51.7 Å². The van der Waals surface area contributed by atoms with E-state index in [9.17, 15) is 0 Å². The van der Waals surface area contributed by atoms with E-state index in [1.54, 1.807) is 6.20 Å². The van der Waals surface area contributed by atoms with Gasteiger partial charge in [0.2, 0.25) is 11.8 Å². The molecule has 2 heterocycles. The van der Waals surface area contributed by atoms with Crippen LogP contribution in [-0.2, 0) is 0 Å². The van der Waals surface area contributed by atoms with Crippen LogP contribution in [0, 0.1) is 0 Å². The van der Waals surface area contributed by atoms with Crippen molar-refractivity contribution in [2.24, 2.45) is 5.73 Å². The van der Waals surface area contributed by atoms with Crippen LogP contribution in [0.3, 0.4) is 0 Å². The van der Waals surface area contributed by atoms with Gasteiger partial charge in [-0.25, -0.2) is 4.98 Å². The molecule has 0 bridgehead atoms. The van der Waals surface area contributed by atoms with Crippen LogP contribution >= 0.6 is 0 Å². The number of ether oxygens (including phenoxy) is 1. The molecule has 1 unspecified atom stereocenters. The lowest BCUT2D eigenvalue weighted by Gasteiger charge is -2.24. The molecule has 2 N–H and O–H groups in total. The van der Waals surface area contributed by atoms with E-state index in [4.69, 9.17) is 10.5 Å². The summed E-state index contributed by atoms with van der Waals surface area (Å²) < 4.78 is 5.63. The molecule has 1 fully saturated rings. The van der Waals surface area contributed by atoms with Crippen molar-refractivity contribution in [3.8, 4) is 5.88 Å². The summed E-state index contributed by atoms with van der Waals surface area (Å²) in [6.07, 6.45) is 6.50. The highest BCUT2D eigenvalue weighted by atomic mass is 16.5. The van der Waals surface area contributed by atoms with E-state index in [0.717, 1.165) is 31.9 Å². The first kappa shape index (κ1) is 14.1. The van der Waals surface area contributed by atoms with Gasteiger partial charge in [-0.05, 0) is 46.1 Å². The molecule has 2 rings (SSSR count). The second-order valence-corrected chi connectivity index (χ2v) is 5.28. The minimum absolute atomic E-state index is 0.134. The van der Waals surface area contributed by atoms with Crippen LogP contribution in [0.25, 0.3) is 0 Å². The highest BCUT2D eigenvalue weighted by Gasteiger charge is 2.26. The maximum Gasteiger partial charge on any atom is 0.228 e. The molecule has 1 saturated heterocycles. The van der Waals surface area contributed by atoms with Crippen LogP contribution in [0.5, 0.6) is 5.88 Å². The van der Waals surface area contributed by atoms with Gasteiger partial charge in [0.1, 0.15) is 0 Å². The Balaban J connectivity index is 2.07. The van der Waals surface area contributed by atoms with Gasteiger partial charge in [-0.2, -0.15) is 4.98 Å². The second kappa shape index (κ2) is 6.70. The molecular weight excluding hydrogens is 240 g/mol. The molecule has 5 heteroatoms. The van der Waals surface area contributed by atoms with Crippen molar-refractivity contribution < 1.29 is 4.74 Å². The Bertz CT molecular complexity index is 397. The lowest BCUT2D eigenvalue weighted by Crippen LogP contribution is -2.31. The minimum Gasteiger partial charge on any atom is -0.475 e. The summed E-state index contributed by atoms with van der Waals surface area (Å²) in [5.41, 5.74) is 5.60. The van der Waals surface area contributed by atoms with Gasteiger partial charge >= 0.3 is 0 Å². The highest BCUT2D eigenvalue weighted by molar-refractivity contribution is 5.35. The van der Waals surface area contributed by atoms with E-state index in [2.05, 4.69) is 14.9 Å². The topological polar surface area (TPSA) is 64.3 Å². The average molecular weight is 264 g/mol. The number of nitrogens with zero attached hydrogens (tertiary/aromatic N) is 3. The van der Waals surface area contributed by atoms with E-state index in [1.807, 2.05) is 19.9 Å². The van der Waals surface area contributed by atoms with Gasteiger partial charge in [0.05, 0.1) is 6.10 Å². The number of anilines is 1. The van der Waals surface area contributed by atoms with Crippen LogP contribution in [-0.4, -0.2) is 35.2 Å². The van der Waals surface area contributed by atoms with Gasteiger partial charge in [-0.3, -0.25) is 0 Å². The fourth-order valence-electron chi connectivity index (χ4n) is 2.53. The molecule has 0 radical (unpaired) electrons. The van der Waals surface area contributed by atoms with E-state index in [1.165, 1.54) is 12.8 Å². The first-order valence-electron chi connectivity index (χ1n) is 7.17. The number of rotatable bonds is 6. The maximum atomic E-state index is 5.63. The van der Waals surface area contributed by atoms with Gasteiger partial charge in [0, 0.05) is 24.8 Å². The van der Waals surface area contributed by atoms with Gasteiger partial charge in [0.15, 0.2) is 0 Å². The standard InChI is InChI=1S/C14H24N4O/c1-11(2)19-13-7-9-16-14(17-13)18-10-4-6-12(18)5-3-8-15/h7,9,11-12H,3-6,8,10,15H2,1-2H3. The molecule has 0 aliphatic carbocycles. The highest BCUT2D eigenvalue weighted by Crippen LogP contribution is 2.26. The molecule has 1 aromatic rings. The van der Waals surface area contributed by atoms with Crippen LogP contribution in [0.1, 0.15) is 39.5 Å². The third-order valence-corrected chi connectivity index (χ3v) is 3.35. The number of hydrogen-bond donors (Lipinski definition) is 1. The summed E-state index contributed by atoms with van der Waals surface area (Å²) in [5.74, 6) is 1.45. The van der Waals surface area contributed by atoms with Crippen LogP contribution < -0.4 is 15.4 Å². The lowest BCUT2D eigenvalue weighted by atomic mass is 10.1. The van der Waals surface area contributed by atoms with Gasteiger partial charge in [-0.1, -0.05) is 0 Å². The zero-order chi connectivity index (χ0) is 13.7. The third-order valence-electron chi connectivity index (χ3n) is 3.35. The molecule has 0 spiro atoms. The van der Waals surface area contributed by atoms with Gasteiger partial charge in [-0.15, -0.1) is 0 Å². The molecule has 106 valence electrons. The predicted molar refractivity (Wildman–Crippen MR) is 76.5 cm³/mol. The lowest BCUT2D eigenvalue weighted by molar-refractivity contribution is 0.232. The maximum absolute atomic E-state index is 5.63. The van der Waals surface area contributed by atoms with Crippen LogP contribution in [0.15, 0.2) is 12.3 Å². The van der Waals surface area contributed by atoms with Crippen LogP contribution in [0.4, 0.5) is 5.95 Å². The Morgan fingerprint density at radius 2 is 2.37 bits per heavy atom. The Hall–Kier alpha value is -1.36. The summed E-state index contributed by atoms with van der Waals surface area (Å²) in [6, 6.07) is 2.34. The minimum atomic E-state index is 0.134. The first-order chi connectivity index (χ1) is 9.20. The third kappa shape index (κ3) is 3.80. The van der Waals surface area contributed by atoms with Crippen molar-refractivity contribution in [3.63, 3.8) is 0 Å². The zero-order valence-electron chi connectivity index (χ0n) is 11.9. The molecule has 1 atom stereocenters. The number of hydrogen-bond acceptors (Lipinski definition) is 5. The quantitative estimate of drug-likeness (QED) is 0.851.